The second-order valence-corrected chi connectivity index (χ2v) is 5.63. The van der Waals surface area contributed by atoms with E-state index in [1.807, 2.05) is 47.4 Å². The van der Waals surface area contributed by atoms with E-state index in [-0.39, 0.29) is 5.91 Å². The van der Waals surface area contributed by atoms with Crippen LogP contribution in [0.5, 0.6) is 5.75 Å². The second-order valence-electron chi connectivity index (χ2n) is 4.78. The lowest BCUT2D eigenvalue weighted by Gasteiger charge is -2.15. The average molecular weight is 332 g/mol. The number of carbonyl (C=O) groups is 1. The first-order valence-electron chi connectivity index (χ1n) is 6.38. The lowest BCUT2D eigenvalue weighted by atomic mass is 10.1. The summed E-state index contributed by atoms with van der Waals surface area (Å²) in [7, 11) is 1.65. The Bertz CT molecular complexity index is 652. The number of ether oxygens (including phenoxy) is 1. The minimum atomic E-state index is 0.0946. The summed E-state index contributed by atoms with van der Waals surface area (Å²) in [6.07, 6.45) is 0. The van der Waals surface area contributed by atoms with Crippen molar-refractivity contribution in [1.29, 1.82) is 0 Å². The van der Waals surface area contributed by atoms with E-state index in [4.69, 9.17) is 4.74 Å². The van der Waals surface area contributed by atoms with Crippen molar-refractivity contribution in [1.82, 2.24) is 4.90 Å². The number of hydrogen-bond donors (Lipinski definition) is 0. The van der Waals surface area contributed by atoms with Crippen LogP contribution in [0.25, 0.3) is 0 Å². The summed E-state index contributed by atoms with van der Waals surface area (Å²) in [6.45, 7) is 1.27. The fourth-order valence-electron chi connectivity index (χ4n) is 2.43. The number of hydrogen-bond acceptors (Lipinski definition) is 2. The molecule has 20 heavy (non-hydrogen) atoms. The third-order valence-corrected chi connectivity index (χ3v) is 4.26. The number of amides is 1. The van der Waals surface area contributed by atoms with Crippen molar-refractivity contribution in [2.24, 2.45) is 0 Å². The van der Waals surface area contributed by atoms with Crippen LogP contribution < -0.4 is 4.74 Å². The number of fused-ring (bicyclic) bond motifs is 1. The number of methoxy groups -OCH3 is 1. The van der Waals surface area contributed by atoms with Crippen molar-refractivity contribution >= 4 is 21.8 Å². The lowest BCUT2D eigenvalue weighted by Crippen LogP contribution is -2.23. The van der Waals surface area contributed by atoms with Gasteiger partial charge >= 0.3 is 0 Å². The minimum absolute atomic E-state index is 0.0946. The van der Waals surface area contributed by atoms with E-state index in [1.54, 1.807) is 7.11 Å². The summed E-state index contributed by atoms with van der Waals surface area (Å²) in [6, 6.07) is 13.6. The summed E-state index contributed by atoms with van der Waals surface area (Å²) < 4.78 is 6.14. The van der Waals surface area contributed by atoms with E-state index in [0.717, 1.165) is 26.9 Å². The first kappa shape index (κ1) is 13.2. The van der Waals surface area contributed by atoms with Crippen LogP contribution in [0.3, 0.4) is 0 Å². The van der Waals surface area contributed by atoms with Gasteiger partial charge in [0.1, 0.15) is 5.75 Å². The van der Waals surface area contributed by atoms with E-state index >= 15 is 0 Å². The van der Waals surface area contributed by atoms with Crippen molar-refractivity contribution in [2.45, 2.75) is 13.1 Å². The van der Waals surface area contributed by atoms with Gasteiger partial charge in [0.25, 0.3) is 5.91 Å². The highest BCUT2D eigenvalue weighted by atomic mass is 79.9. The van der Waals surface area contributed by atoms with Crippen LogP contribution in [0.15, 0.2) is 46.9 Å². The topological polar surface area (TPSA) is 29.5 Å². The number of carbonyl (C=O) groups excluding carboxylic acids is 1. The van der Waals surface area contributed by atoms with Crippen LogP contribution >= 0.6 is 15.9 Å². The molecular weight excluding hydrogens is 318 g/mol. The van der Waals surface area contributed by atoms with Gasteiger partial charge in [0, 0.05) is 23.1 Å². The van der Waals surface area contributed by atoms with Crippen molar-refractivity contribution in [3.8, 4) is 5.75 Å². The standard InChI is InChI=1S/C16H14BrNO2/c1-20-12-7-5-11(6-8-12)9-18-10-14-13(16(18)19)3-2-4-15(14)17/h2-8H,9-10H2,1H3. The quantitative estimate of drug-likeness (QED) is 0.859. The van der Waals surface area contributed by atoms with E-state index in [1.165, 1.54) is 0 Å². The summed E-state index contributed by atoms with van der Waals surface area (Å²) >= 11 is 3.51. The molecule has 0 spiro atoms. The number of benzene rings is 2. The van der Waals surface area contributed by atoms with Crippen molar-refractivity contribution in [3.63, 3.8) is 0 Å². The predicted molar refractivity (Wildman–Crippen MR) is 80.7 cm³/mol. The Morgan fingerprint density at radius 2 is 1.95 bits per heavy atom. The van der Waals surface area contributed by atoms with Gasteiger partial charge in [0.2, 0.25) is 0 Å². The number of nitrogens with zero attached hydrogens (tertiary/aromatic N) is 1. The first-order chi connectivity index (χ1) is 9.69. The Labute approximate surface area is 126 Å². The Morgan fingerprint density at radius 1 is 1.20 bits per heavy atom. The molecule has 2 aromatic rings. The van der Waals surface area contributed by atoms with Gasteiger partial charge < -0.3 is 9.64 Å². The Balaban J connectivity index is 1.80. The fraction of sp³-hybridized carbons (Fsp3) is 0.188. The molecule has 3 nitrogen and oxygen atoms in total. The van der Waals surface area contributed by atoms with E-state index < -0.39 is 0 Å². The maximum atomic E-state index is 12.4. The van der Waals surface area contributed by atoms with Crippen LogP contribution in [-0.2, 0) is 13.1 Å². The number of rotatable bonds is 3. The highest BCUT2D eigenvalue weighted by molar-refractivity contribution is 9.10. The summed E-state index contributed by atoms with van der Waals surface area (Å²) in [5, 5.41) is 0. The largest absolute Gasteiger partial charge is 0.497 e. The van der Waals surface area contributed by atoms with E-state index in [0.29, 0.717) is 13.1 Å². The molecule has 0 aromatic heterocycles. The molecule has 1 aliphatic heterocycles. The van der Waals surface area contributed by atoms with Gasteiger partial charge in [-0.2, -0.15) is 0 Å². The summed E-state index contributed by atoms with van der Waals surface area (Å²) in [5.41, 5.74) is 2.97. The van der Waals surface area contributed by atoms with Crippen molar-refractivity contribution in [2.75, 3.05) is 7.11 Å². The zero-order chi connectivity index (χ0) is 14.1. The molecule has 0 atom stereocenters. The lowest BCUT2D eigenvalue weighted by molar-refractivity contribution is 0.0766. The monoisotopic (exact) mass is 331 g/mol. The van der Waals surface area contributed by atoms with Crippen LogP contribution in [-0.4, -0.2) is 17.9 Å². The van der Waals surface area contributed by atoms with Gasteiger partial charge in [0.15, 0.2) is 0 Å². The highest BCUT2D eigenvalue weighted by Crippen LogP contribution is 2.30. The summed E-state index contributed by atoms with van der Waals surface area (Å²) in [4.78, 5) is 14.2. The molecule has 0 saturated carbocycles. The normalized spacial score (nSPS) is 13.5. The molecule has 3 rings (SSSR count). The average Bonchev–Trinajstić information content (AvgIpc) is 2.79. The molecule has 1 aliphatic rings. The second kappa shape index (κ2) is 5.29. The van der Waals surface area contributed by atoms with Crippen LogP contribution in [0.2, 0.25) is 0 Å². The van der Waals surface area contributed by atoms with Crippen LogP contribution in [0.1, 0.15) is 21.5 Å². The first-order valence-corrected chi connectivity index (χ1v) is 7.18. The molecule has 0 unspecified atom stereocenters. The van der Waals surface area contributed by atoms with E-state index in [9.17, 15) is 4.79 Å². The van der Waals surface area contributed by atoms with Gasteiger partial charge in [-0.1, -0.05) is 34.1 Å². The molecule has 0 aliphatic carbocycles. The molecule has 1 amide bonds. The molecule has 1 heterocycles. The Kier molecular flexibility index (Phi) is 3.49. The molecule has 0 saturated heterocycles. The van der Waals surface area contributed by atoms with E-state index in [2.05, 4.69) is 15.9 Å². The molecule has 0 bridgehead atoms. The zero-order valence-corrected chi connectivity index (χ0v) is 12.7. The maximum absolute atomic E-state index is 12.4. The molecular formula is C16H14BrNO2. The van der Waals surface area contributed by atoms with Crippen molar-refractivity contribution in [3.05, 3.63) is 63.6 Å². The SMILES string of the molecule is COc1ccc(CN2Cc3c(Br)cccc3C2=O)cc1. The van der Waals surface area contributed by atoms with Gasteiger partial charge in [-0.3, -0.25) is 4.79 Å². The number of halogens is 1. The third kappa shape index (κ3) is 2.31. The minimum Gasteiger partial charge on any atom is -0.497 e. The Hall–Kier alpha value is -1.81. The van der Waals surface area contributed by atoms with Crippen molar-refractivity contribution < 1.29 is 9.53 Å². The Morgan fingerprint density at radius 3 is 2.60 bits per heavy atom. The highest BCUT2D eigenvalue weighted by Gasteiger charge is 2.28. The zero-order valence-electron chi connectivity index (χ0n) is 11.1. The van der Waals surface area contributed by atoms with Gasteiger partial charge in [-0.15, -0.1) is 0 Å². The molecule has 4 heteroatoms. The fourth-order valence-corrected chi connectivity index (χ4v) is 2.92. The smallest absolute Gasteiger partial charge is 0.254 e. The van der Waals surface area contributed by atoms with Gasteiger partial charge in [0.05, 0.1) is 7.11 Å². The van der Waals surface area contributed by atoms with Crippen LogP contribution in [0.4, 0.5) is 0 Å². The summed E-state index contributed by atoms with van der Waals surface area (Å²) in [5.74, 6) is 0.921. The van der Waals surface area contributed by atoms with Gasteiger partial charge in [-0.25, -0.2) is 0 Å². The molecule has 2 aromatic carbocycles. The predicted octanol–water partition coefficient (Wildman–Crippen LogP) is 3.61. The molecule has 0 fully saturated rings. The van der Waals surface area contributed by atoms with Gasteiger partial charge in [-0.05, 0) is 35.4 Å². The molecule has 102 valence electrons. The third-order valence-electron chi connectivity index (χ3n) is 3.52. The van der Waals surface area contributed by atoms with Crippen LogP contribution in [0, 0.1) is 0 Å². The molecule has 0 N–H and O–H groups in total. The maximum Gasteiger partial charge on any atom is 0.254 e. The molecule has 0 radical (unpaired) electrons.